The number of carbonyl (C=O) groups excluding carboxylic acids is 2. The second-order valence-electron chi connectivity index (χ2n) is 6.31. The van der Waals surface area contributed by atoms with Crippen molar-refractivity contribution < 1.29 is 19.9 Å². The topological polar surface area (TPSA) is 77.8 Å². The molecule has 0 fully saturated rings. The van der Waals surface area contributed by atoms with Gasteiger partial charge in [0, 0.05) is 11.0 Å². The molecule has 0 aliphatic carbocycles. The number of rotatable bonds is 5. The van der Waals surface area contributed by atoms with Crippen LogP contribution in [0.4, 0.5) is 5.69 Å². The maximum absolute atomic E-state index is 12.5. The first kappa shape index (κ1) is 17.8. The smallest absolute Gasteiger partial charge is 0.282 e. The first-order valence-electron chi connectivity index (χ1n) is 7.62. The summed E-state index contributed by atoms with van der Waals surface area (Å²) < 4.78 is 0. The van der Waals surface area contributed by atoms with E-state index < -0.39 is 11.3 Å². The van der Waals surface area contributed by atoms with Gasteiger partial charge in [-0.3, -0.25) is 14.8 Å². The Bertz CT molecular complexity index is 750. The Morgan fingerprint density at radius 2 is 1.54 bits per heavy atom. The van der Waals surface area contributed by atoms with Crippen LogP contribution < -0.4 is 5.06 Å². The predicted molar refractivity (Wildman–Crippen MR) is 91.6 cm³/mol. The zero-order valence-electron chi connectivity index (χ0n) is 14.0. The van der Waals surface area contributed by atoms with Crippen molar-refractivity contribution in [3.05, 3.63) is 65.2 Å². The highest BCUT2D eigenvalue weighted by Gasteiger charge is 2.22. The Morgan fingerprint density at radius 3 is 2.04 bits per heavy atom. The van der Waals surface area contributed by atoms with Crippen molar-refractivity contribution in [2.45, 2.75) is 26.2 Å². The van der Waals surface area contributed by atoms with E-state index in [1.165, 1.54) is 13.0 Å². The van der Waals surface area contributed by atoms with Gasteiger partial charge in [0.1, 0.15) is 0 Å². The third kappa shape index (κ3) is 3.53. The van der Waals surface area contributed by atoms with Crippen LogP contribution in [0.3, 0.4) is 0 Å². The van der Waals surface area contributed by atoms with Gasteiger partial charge >= 0.3 is 0 Å². The molecule has 0 saturated heterocycles. The first-order chi connectivity index (χ1) is 11.3. The normalized spacial score (nSPS) is 11.2. The molecular weight excluding hydrogens is 306 g/mol. The molecule has 126 valence electrons. The molecule has 0 radical (unpaired) electrons. The number of hydrogen-bond donors (Lipinski definition) is 2. The lowest BCUT2D eigenvalue weighted by Gasteiger charge is -2.23. The third-order valence-corrected chi connectivity index (χ3v) is 4.02. The number of hydroxylamine groups is 1. The zero-order valence-corrected chi connectivity index (χ0v) is 14.0. The number of Topliss-reactive ketones (excluding diaryl/α,β-unsaturated/α-hetero) is 1. The fraction of sp³-hybridized carbons (Fsp3) is 0.263. The number of aliphatic hydroxyl groups is 1. The second kappa shape index (κ2) is 6.95. The molecule has 0 aliphatic heterocycles. The van der Waals surface area contributed by atoms with E-state index in [1.807, 2.05) is 13.8 Å². The summed E-state index contributed by atoms with van der Waals surface area (Å²) in [6.07, 6.45) is 0. The van der Waals surface area contributed by atoms with Crippen LogP contribution in [0.5, 0.6) is 0 Å². The van der Waals surface area contributed by atoms with Crippen molar-refractivity contribution in [3.8, 4) is 0 Å². The van der Waals surface area contributed by atoms with Gasteiger partial charge in [-0.1, -0.05) is 44.2 Å². The van der Waals surface area contributed by atoms with Crippen LogP contribution in [0.25, 0.3) is 0 Å². The maximum atomic E-state index is 12.5. The summed E-state index contributed by atoms with van der Waals surface area (Å²) >= 11 is 0. The number of benzene rings is 2. The van der Waals surface area contributed by atoms with Gasteiger partial charge in [0.2, 0.25) is 0 Å². The molecule has 5 heteroatoms. The SMILES string of the molecule is CC(=O)c1ccccc1C(=O)N(O)c1ccc(C(C)(C)CO)cc1. The molecule has 2 rings (SSSR count). The summed E-state index contributed by atoms with van der Waals surface area (Å²) in [5.74, 6) is -0.914. The van der Waals surface area contributed by atoms with Gasteiger partial charge in [-0.15, -0.1) is 0 Å². The minimum atomic E-state index is -0.671. The summed E-state index contributed by atoms with van der Waals surface area (Å²) in [6.45, 7) is 5.15. The lowest BCUT2D eigenvalue weighted by molar-refractivity contribution is 0.0848. The van der Waals surface area contributed by atoms with E-state index in [4.69, 9.17) is 0 Å². The quantitative estimate of drug-likeness (QED) is 0.502. The van der Waals surface area contributed by atoms with Gasteiger partial charge in [0.05, 0.1) is 17.9 Å². The minimum Gasteiger partial charge on any atom is -0.395 e. The molecular formula is C19H21NO4. The number of nitrogens with zero attached hydrogens (tertiary/aromatic N) is 1. The van der Waals surface area contributed by atoms with E-state index in [-0.39, 0.29) is 29.2 Å². The van der Waals surface area contributed by atoms with Crippen LogP contribution in [-0.2, 0) is 5.41 Å². The fourth-order valence-corrected chi connectivity index (χ4v) is 2.35. The molecule has 0 aliphatic rings. The maximum Gasteiger partial charge on any atom is 0.282 e. The molecule has 2 N–H and O–H groups in total. The highest BCUT2D eigenvalue weighted by atomic mass is 16.5. The molecule has 0 atom stereocenters. The van der Waals surface area contributed by atoms with E-state index >= 15 is 0 Å². The van der Waals surface area contributed by atoms with Crippen molar-refractivity contribution in [2.24, 2.45) is 0 Å². The number of anilines is 1. The molecule has 0 saturated carbocycles. The summed E-state index contributed by atoms with van der Waals surface area (Å²) in [4.78, 5) is 24.1. The molecule has 24 heavy (non-hydrogen) atoms. The minimum absolute atomic E-state index is 0.0138. The standard InChI is InChI=1S/C19H21NO4/c1-13(22)16-6-4-5-7-17(16)18(23)20(24)15-10-8-14(9-11-15)19(2,3)12-21/h4-11,21,24H,12H2,1-3H3. The van der Waals surface area contributed by atoms with E-state index in [0.717, 1.165) is 5.56 Å². The number of aliphatic hydroxyl groups excluding tert-OH is 1. The van der Waals surface area contributed by atoms with Gasteiger partial charge in [0.15, 0.2) is 5.78 Å². The molecule has 0 heterocycles. The second-order valence-corrected chi connectivity index (χ2v) is 6.31. The van der Waals surface area contributed by atoms with Gasteiger partial charge in [-0.25, -0.2) is 0 Å². The number of carbonyl (C=O) groups is 2. The molecule has 0 unspecified atom stereocenters. The van der Waals surface area contributed by atoms with Crippen LogP contribution in [-0.4, -0.2) is 28.6 Å². The molecule has 0 spiro atoms. The largest absolute Gasteiger partial charge is 0.395 e. The molecule has 2 aromatic rings. The number of amides is 1. The van der Waals surface area contributed by atoms with Crippen LogP contribution >= 0.6 is 0 Å². The van der Waals surface area contributed by atoms with E-state index in [9.17, 15) is 19.9 Å². The van der Waals surface area contributed by atoms with Crippen molar-refractivity contribution >= 4 is 17.4 Å². The zero-order chi connectivity index (χ0) is 17.9. The predicted octanol–water partition coefficient (Wildman–Crippen LogP) is 3.20. The fourth-order valence-electron chi connectivity index (χ4n) is 2.35. The van der Waals surface area contributed by atoms with Crippen LogP contribution in [0.15, 0.2) is 48.5 Å². The Balaban J connectivity index is 2.31. The third-order valence-electron chi connectivity index (χ3n) is 4.02. The number of ketones is 1. The Morgan fingerprint density at radius 1 is 1.00 bits per heavy atom. The Kier molecular flexibility index (Phi) is 5.17. The van der Waals surface area contributed by atoms with E-state index in [0.29, 0.717) is 5.06 Å². The van der Waals surface area contributed by atoms with Crippen LogP contribution in [0.1, 0.15) is 47.1 Å². The van der Waals surface area contributed by atoms with Gasteiger partial charge < -0.3 is 5.11 Å². The first-order valence-corrected chi connectivity index (χ1v) is 7.62. The molecule has 2 aromatic carbocycles. The van der Waals surface area contributed by atoms with Gasteiger partial charge in [0.25, 0.3) is 5.91 Å². The van der Waals surface area contributed by atoms with Crippen molar-refractivity contribution in [2.75, 3.05) is 11.7 Å². The Labute approximate surface area is 141 Å². The lowest BCUT2D eigenvalue weighted by atomic mass is 9.85. The lowest BCUT2D eigenvalue weighted by Crippen LogP contribution is -2.28. The average molecular weight is 327 g/mol. The number of hydrogen-bond acceptors (Lipinski definition) is 4. The molecule has 1 amide bonds. The summed E-state index contributed by atoms with van der Waals surface area (Å²) in [5, 5.41) is 20.1. The summed E-state index contributed by atoms with van der Waals surface area (Å²) in [5.41, 5.74) is 1.17. The average Bonchev–Trinajstić information content (AvgIpc) is 2.60. The molecule has 5 nitrogen and oxygen atoms in total. The van der Waals surface area contributed by atoms with E-state index in [2.05, 4.69) is 0 Å². The molecule has 0 aromatic heterocycles. The monoisotopic (exact) mass is 327 g/mol. The highest BCUT2D eigenvalue weighted by Crippen LogP contribution is 2.25. The van der Waals surface area contributed by atoms with Crippen molar-refractivity contribution in [1.82, 2.24) is 0 Å². The van der Waals surface area contributed by atoms with Crippen molar-refractivity contribution in [3.63, 3.8) is 0 Å². The van der Waals surface area contributed by atoms with Crippen LogP contribution in [0, 0.1) is 0 Å². The molecule has 0 bridgehead atoms. The summed E-state index contributed by atoms with van der Waals surface area (Å²) in [7, 11) is 0. The summed E-state index contributed by atoms with van der Waals surface area (Å²) in [6, 6.07) is 13.1. The van der Waals surface area contributed by atoms with E-state index in [1.54, 1.807) is 42.5 Å². The van der Waals surface area contributed by atoms with Gasteiger partial charge in [-0.2, -0.15) is 5.06 Å². The Hall–Kier alpha value is -2.50. The van der Waals surface area contributed by atoms with Gasteiger partial charge in [-0.05, 0) is 30.7 Å². The van der Waals surface area contributed by atoms with Crippen molar-refractivity contribution in [1.29, 1.82) is 0 Å². The highest BCUT2D eigenvalue weighted by molar-refractivity contribution is 6.12. The van der Waals surface area contributed by atoms with Crippen LogP contribution in [0.2, 0.25) is 0 Å².